The number of hydrogen-bond donors (Lipinski definition) is 1. The van der Waals surface area contributed by atoms with Crippen LogP contribution in [-0.2, 0) is 30.8 Å². The smallest absolute Gasteiger partial charge is 0.408 e. The van der Waals surface area contributed by atoms with Crippen LogP contribution in [0.3, 0.4) is 0 Å². The highest BCUT2D eigenvalue weighted by atomic mass is 32.2. The van der Waals surface area contributed by atoms with E-state index in [1.165, 1.54) is 12.1 Å². The van der Waals surface area contributed by atoms with Gasteiger partial charge in [0.2, 0.25) is 0 Å². The van der Waals surface area contributed by atoms with Crippen molar-refractivity contribution in [2.75, 3.05) is 6.26 Å². The predicted octanol–water partition coefficient (Wildman–Crippen LogP) is 2.41. The van der Waals surface area contributed by atoms with Crippen LogP contribution in [0, 0.1) is 0 Å². The first-order valence-electron chi connectivity index (χ1n) is 8.43. The van der Waals surface area contributed by atoms with Gasteiger partial charge >= 0.3 is 22.2 Å². The molecule has 1 amide bonds. The van der Waals surface area contributed by atoms with Gasteiger partial charge in [-0.15, -0.1) is 0 Å². The quantitative estimate of drug-likeness (QED) is 0.552. The molecule has 1 rings (SSSR count). The van der Waals surface area contributed by atoms with Crippen LogP contribution in [0.1, 0.15) is 40.2 Å². The van der Waals surface area contributed by atoms with Crippen molar-refractivity contribution in [2.45, 2.75) is 58.8 Å². The molecule has 0 bridgehead atoms. The highest BCUT2D eigenvalue weighted by molar-refractivity contribution is 7.86. The maximum atomic E-state index is 12.4. The van der Waals surface area contributed by atoms with Gasteiger partial charge in [-0.2, -0.15) is 8.42 Å². The average molecular weight is 401 g/mol. The van der Waals surface area contributed by atoms with Crippen LogP contribution in [0.2, 0.25) is 0 Å². The molecular weight excluding hydrogens is 374 g/mol. The first-order valence-corrected chi connectivity index (χ1v) is 10.3. The van der Waals surface area contributed by atoms with E-state index >= 15 is 0 Å². The maximum Gasteiger partial charge on any atom is 0.408 e. The number of nitrogens with one attached hydrogen (secondary N) is 1. The lowest BCUT2D eigenvalue weighted by molar-refractivity contribution is -0.149. The topological polar surface area (TPSA) is 108 Å². The third-order valence-corrected chi connectivity index (χ3v) is 3.41. The molecule has 1 atom stereocenters. The Hall–Kier alpha value is -2.29. The fourth-order valence-corrected chi connectivity index (χ4v) is 2.55. The molecule has 0 fully saturated rings. The summed E-state index contributed by atoms with van der Waals surface area (Å²) in [5, 5.41) is 2.50. The van der Waals surface area contributed by atoms with Gasteiger partial charge < -0.3 is 19.0 Å². The third kappa shape index (κ3) is 9.83. The van der Waals surface area contributed by atoms with Gasteiger partial charge in [0.15, 0.2) is 0 Å². The second kappa shape index (κ2) is 9.07. The minimum absolute atomic E-state index is 0.0752. The monoisotopic (exact) mass is 401 g/mol. The molecule has 1 N–H and O–H groups in total. The summed E-state index contributed by atoms with van der Waals surface area (Å²) in [7, 11) is -3.68. The van der Waals surface area contributed by atoms with E-state index in [9.17, 15) is 18.0 Å². The minimum Gasteiger partial charge on any atom is -0.461 e. The summed E-state index contributed by atoms with van der Waals surface area (Å²) in [5.41, 5.74) is -0.141. The number of alkyl carbamates (subject to hydrolysis) is 1. The fourth-order valence-electron chi connectivity index (χ4n) is 2.09. The van der Waals surface area contributed by atoms with E-state index in [1.54, 1.807) is 46.8 Å². The van der Waals surface area contributed by atoms with Gasteiger partial charge in [-0.25, -0.2) is 9.59 Å². The Labute approximate surface area is 160 Å². The molecule has 27 heavy (non-hydrogen) atoms. The molecule has 0 unspecified atom stereocenters. The number of amides is 1. The lowest BCUT2D eigenvalue weighted by Gasteiger charge is -2.23. The van der Waals surface area contributed by atoms with Gasteiger partial charge in [-0.05, 0) is 52.3 Å². The molecule has 0 aliphatic heterocycles. The summed E-state index contributed by atoms with van der Waals surface area (Å²) in [6, 6.07) is 5.23. The summed E-state index contributed by atoms with van der Waals surface area (Å²) < 4.78 is 37.8. The number of esters is 1. The third-order valence-electron chi connectivity index (χ3n) is 2.91. The molecule has 0 heterocycles. The molecule has 0 saturated heterocycles. The number of benzene rings is 1. The average Bonchev–Trinajstić information content (AvgIpc) is 2.42. The minimum atomic E-state index is -3.68. The molecule has 1 aromatic carbocycles. The van der Waals surface area contributed by atoms with Crippen molar-refractivity contribution in [3.05, 3.63) is 29.8 Å². The van der Waals surface area contributed by atoms with Crippen LogP contribution in [0.5, 0.6) is 5.75 Å². The molecule has 0 aliphatic rings. The Bertz CT molecular complexity index is 766. The van der Waals surface area contributed by atoms with E-state index in [2.05, 4.69) is 5.32 Å². The van der Waals surface area contributed by atoms with Gasteiger partial charge in [0.1, 0.15) is 17.4 Å². The fraction of sp³-hybridized carbons (Fsp3) is 0.556. The lowest BCUT2D eigenvalue weighted by Crippen LogP contribution is -2.46. The van der Waals surface area contributed by atoms with Crippen molar-refractivity contribution in [1.82, 2.24) is 5.32 Å². The van der Waals surface area contributed by atoms with E-state index in [0.29, 0.717) is 5.56 Å². The van der Waals surface area contributed by atoms with Gasteiger partial charge in [0.05, 0.1) is 12.4 Å². The predicted molar refractivity (Wildman–Crippen MR) is 100 cm³/mol. The summed E-state index contributed by atoms with van der Waals surface area (Å²) in [6.07, 6.45) is -0.102. The van der Waals surface area contributed by atoms with Crippen molar-refractivity contribution in [3.63, 3.8) is 0 Å². The van der Waals surface area contributed by atoms with Crippen LogP contribution in [0.4, 0.5) is 4.79 Å². The van der Waals surface area contributed by atoms with Crippen molar-refractivity contribution in [3.8, 4) is 5.75 Å². The molecular formula is C18H27NO7S. The summed E-state index contributed by atoms with van der Waals surface area (Å²) in [5.74, 6) is -0.506. The van der Waals surface area contributed by atoms with Crippen molar-refractivity contribution >= 4 is 22.2 Å². The second-order valence-corrected chi connectivity index (χ2v) is 8.90. The number of carbonyl (C=O) groups is 2. The SMILES string of the molecule is CC(C)OC(=O)[C@H](Cc1cccc(OS(C)(=O)=O)c1)NC(=O)OC(C)(C)C. The van der Waals surface area contributed by atoms with Crippen molar-refractivity contribution < 1.29 is 31.7 Å². The van der Waals surface area contributed by atoms with Crippen molar-refractivity contribution in [2.24, 2.45) is 0 Å². The Kier molecular flexibility index (Phi) is 7.65. The molecule has 0 aromatic heterocycles. The molecule has 1 aromatic rings. The molecule has 8 nitrogen and oxygen atoms in total. The molecule has 9 heteroatoms. The van der Waals surface area contributed by atoms with Crippen LogP contribution in [0.25, 0.3) is 0 Å². The summed E-state index contributed by atoms with van der Waals surface area (Å²) in [4.78, 5) is 24.4. The van der Waals surface area contributed by atoms with Crippen LogP contribution >= 0.6 is 0 Å². The van der Waals surface area contributed by atoms with E-state index < -0.39 is 33.8 Å². The Balaban J connectivity index is 2.98. The van der Waals surface area contributed by atoms with Gasteiger partial charge in [0.25, 0.3) is 0 Å². The highest BCUT2D eigenvalue weighted by Crippen LogP contribution is 2.17. The Morgan fingerprint density at radius 3 is 2.33 bits per heavy atom. The van der Waals surface area contributed by atoms with Crippen LogP contribution < -0.4 is 9.50 Å². The number of hydrogen-bond acceptors (Lipinski definition) is 7. The molecule has 0 saturated carbocycles. The molecule has 0 radical (unpaired) electrons. The molecule has 0 spiro atoms. The normalized spacial score (nSPS) is 13.0. The summed E-state index contributed by atoms with van der Waals surface area (Å²) in [6.45, 7) is 8.52. The van der Waals surface area contributed by atoms with Gasteiger partial charge in [-0.1, -0.05) is 12.1 Å². The zero-order valence-corrected chi connectivity index (χ0v) is 17.3. The number of ether oxygens (including phenoxy) is 2. The largest absolute Gasteiger partial charge is 0.461 e. The lowest BCUT2D eigenvalue weighted by atomic mass is 10.1. The van der Waals surface area contributed by atoms with Gasteiger partial charge in [-0.3, -0.25) is 0 Å². The second-order valence-electron chi connectivity index (χ2n) is 7.32. The van der Waals surface area contributed by atoms with Gasteiger partial charge in [0, 0.05) is 6.42 Å². The molecule has 0 aliphatic carbocycles. The first-order chi connectivity index (χ1) is 12.2. The first kappa shape index (κ1) is 22.8. The van der Waals surface area contributed by atoms with Crippen molar-refractivity contribution in [1.29, 1.82) is 0 Å². The molecule has 152 valence electrons. The Morgan fingerprint density at radius 1 is 1.19 bits per heavy atom. The Morgan fingerprint density at radius 2 is 1.81 bits per heavy atom. The van der Waals surface area contributed by atoms with E-state index in [0.717, 1.165) is 6.26 Å². The number of rotatable bonds is 7. The zero-order valence-electron chi connectivity index (χ0n) is 16.4. The van der Waals surface area contributed by atoms with Crippen LogP contribution in [-0.4, -0.2) is 44.5 Å². The zero-order chi connectivity index (χ0) is 20.8. The van der Waals surface area contributed by atoms with E-state index in [4.69, 9.17) is 13.7 Å². The van der Waals surface area contributed by atoms with E-state index in [1.807, 2.05) is 0 Å². The summed E-state index contributed by atoms with van der Waals surface area (Å²) >= 11 is 0. The highest BCUT2D eigenvalue weighted by Gasteiger charge is 2.26. The maximum absolute atomic E-state index is 12.4. The standard InChI is InChI=1S/C18H27NO7S/c1-12(2)24-16(20)15(19-17(21)25-18(3,4)5)11-13-8-7-9-14(10-13)26-27(6,22)23/h7-10,12,15H,11H2,1-6H3,(H,19,21)/t15-/m0/s1. The van der Waals surface area contributed by atoms with Crippen LogP contribution in [0.15, 0.2) is 24.3 Å². The number of carbonyl (C=O) groups excluding carboxylic acids is 2. The van der Waals surface area contributed by atoms with E-state index in [-0.39, 0.29) is 18.3 Å².